The van der Waals surface area contributed by atoms with Crippen molar-refractivity contribution in [3.8, 4) is 0 Å². The summed E-state index contributed by atoms with van der Waals surface area (Å²) >= 11 is 0. The second-order valence-electron chi connectivity index (χ2n) is 11.8. The molecule has 2 aromatic rings. The van der Waals surface area contributed by atoms with E-state index in [1.165, 1.54) is 12.8 Å². The Kier molecular flexibility index (Phi) is 7.24. The Morgan fingerprint density at radius 3 is 2.37 bits per heavy atom. The molecular formula is C31H42N2O2. The third kappa shape index (κ3) is 5.09. The fourth-order valence-corrected chi connectivity index (χ4v) is 6.32. The standard InChI is InChI=1S/C31H42N2O2/c1-20-18-21(2)25(29(35)19-20)12-13-28(34)30-23(4)33(27-11-9-8-10-26(27)30)22(3)24-14-16-32(17-15-24)31(5,6)7/h8-11,18,22,24H,12-17,19H2,1-7H3/t22-/m0/s1. The van der Waals surface area contributed by atoms with Crippen LogP contribution in [0.15, 0.2) is 47.1 Å². The molecule has 1 fully saturated rings. The lowest BCUT2D eigenvalue weighted by atomic mass is 9.87. The number of carbonyl (C=O) groups excluding carboxylic acids is 2. The maximum absolute atomic E-state index is 13.6. The average Bonchev–Trinajstić information content (AvgIpc) is 3.09. The molecule has 1 atom stereocenters. The monoisotopic (exact) mass is 474 g/mol. The number of hydrogen-bond acceptors (Lipinski definition) is 3. The molecule has 0 saturated carbocycles. The van der Waals surface area contributed by atoms with Crippen LogP contribution in [0.5, 0.6) is 0 Å². The number of piperidine rings is 1. The van der Waals surface area contributed by atoms with Crippen molar-refractivity contribution in [2.75, 3.05) is 13.1 Å². The lowest BCUT2D eigenvalue weighted by Crippen LogP contribution is -2.47. The van der Waals surface area contributed by atoms with Gasteiger partial charge in [-0.3, -0.25) is 14.5 Å². The maximum atomic E-state index is 13.6. The molecule has 0 radical (unpaired) electrons. The van der Waals surface area contributed by atoms with Crippen molar-refractivity contribution >= 4 is 22.5 Å². The van der Waals surface area contributed by atoms with Crippen LogP contribution in [-0.4, -0.2) is 39.7 Å². The Balaban J connectivity index is 1.59. The minimum atomic E-state index is 0.145. The smallest absolute Gasteiger partial charge is 0.165 e. The van der Waals surface area contributed by atoms with E-state index in [4.69, 9.17) is 0 Å². The number of aromatic nitrogens is 1. The van der Waals surface area contributed by atoms with Crippen molar-refractivity contribution in [3.63, 3.8) is 0 Å². The van der Waals surface area contributed by atoms with E-state index in [0.29, 0.717) is 31.2 Å². The third-order valence-electron chi connectivity index (χ3n) is 8.33. The number of likely N-dealkylation sites (tertiary alicyclic amines) is 1. The number of nitrogens with zero attached hydrogens (tertiary/aromatic N) is 2. The Hall–Kier alpha value is -2.46. The van der Waals surface area contributed by atoms with E-state index in [1.807, 2.05) is 19.9 Å². The highest BCUT2D eigenvalue weighted by molar-refractivity contribution is 6.10. The molecule has 0 unspecified atom stereocenters. The van der Waals surface area contributed by atoms with Crippen molar-refractivity contribution < 1.29 is 9.59 Å². The zero-order valence-electron chi connectivity index (χ0n) is 22.7. The molecule has 35 heavy (non-hydrogen) atoms. The van der Waals surface area contributed by atoms with Crippen molar-refractivity contribution in [1.29, 1.82) is 0 Å². The van der Waals surface area contributed by atoms with Gasteiger partial charge >= 0.3 is 0 Å². The van der Waals surface area contributed by atoms with Gasteiger partial charge in [0.2, 0.25) is 0 Å². The molecule has 188 valence electrons. The molecule has 4 rings (SSSR count). The van der Waals surface area contributed by atoms with Crippen molar-refractivity contribution in [1.82, 2.24) is 9.47 Å². The quantitative estimate of drug-likeness (QED) is 0.415. The summed E-state index contributed by atoms with van der Waals surface area (Å²) < 4.78 is 2.42. The molecule has 0 spiro atoms. The Morgan fingerprint density at radius 1 is 1.09 bits per heavy atom. The van der Waals surface area contributed by atoms with Gasteiger partial charge in [0.05, 0.1) is 0 Å². The van der Waals surface area contributed by atoms with Gasteiger partial charge in [-0.1, -0.05) is 29.8 Å². The molecule has 1 aliphatic heterocycles. The molecule has 2 heterocycles. The molecule has 1 aromatic heterocycles. The van der Waals surface area contributed by atoms with Crippen LogP contribution in [-0.2, 0) is 4.79 Å². The number of fused-ring (bicyclic) bond motifs is 1. The third-order valence-corrected chi connectivity index (χ3v) is 8.33. The van der Waals surface area contributed by atoms with Crippen LogP contribution in [0.1, 0.15) is 95.7 Å². The fourth-order valence-electron chi connectivity index (χ4n) is 6.32. The summed E-state index contributed by atoms with van der Waals surface area (Å²) in [5.74, 6) is 0.907. The number of rotatable bonds is 6. The largest absolute Gasteiger partial charge is 0.341 e. The molecule has 1 saturated heterocycles. The summed E-state index contributed by atoms with van der Waals surface area (Å²) in [6, 6.07) is 8.68. The normalized spacial score (nSPS) is 19.4. The first-order valence-corrected chi connectivity index (χ1v) is 13.3. The average molecular weight is 475 g/mol. The van der Waals surface area contributed by atoms with E-state index < -0.39 is 0 Å². The SMILES string of the molecule is CC1=CC(C)=C(CCC(=O)c2c(C)n([C@@H](C)C3CCN(C(C)(C)C)CC3)c3ccccc23)C(=O)C1. The van der Waals surface area contributed by atoms with E-state index in [9.17, 15) is 9.59 Å². The molecule has 4 nitrogen and oxygen atoms in total. The first-order chi connectivity index (χ1) is 16.5. The van der Waals surface area contributed by atoms with Crippen LogP contribution >= 0.6 is 0 Å². The van der Waals surface area contributed by atoms with Gasteiger partial charge < -0.3 is 4.57 Å². The lowest BCUT2D eigenvalue weighted by molar-refractivity contribution is -0.115. The Bertz CT molecular complexity index is 1200. The van der Waals surface area contributed by atoms with Gasteiger partial charge in [-0.05, 0) is 104 Å². The lowest BCUT2D eigenvalue weighted by Gasteiger charge is -2.42. The number of carbonyl (C=O) groups is 2. The van der Waals surface area contributed by atoms with E-state index in [0.717, 1.165) is 52.0 Å². The highest BCUT2D eigenvalue weighted by atomic mass is 16.1. The van der Waals surface area contributed by atoms with Crippen molar-refractivity contribution in [3.05, 3.63) is 58.3 Å². The number of Topliss-reactive ketones (excluding diaryl/α,β-unsaturated/α-hetero) is 2. The maximum Gasteiger partial charge on any atom is 0.165 e. The van der Waals surface area contributed by atoms with E-state index >= 15 is 0 Å². The first kappa shape index (κ1) is 25.6. The summed E-state index contributed by atoms with van der Waals surface area (Å²) in [7, 11) is 0. The van der Waals surface area contributed by atoms with Crippen LogP contribution in [0, 0.1) is 12.8 Å². The van der Waals surface area contributed by atoms with E-state index in [1.54, 1.807) is 0 Å². The molecule has 4 heteroatoms. The minimum Gasteiger partial charge on any atom is -0.341 e. The molecular weight excluding hydrogens is 432 g/mol. The van der Waals surface area contributed by atoms with Crippen LogP contribution in [0.2, 0.25) is 0 Å². The van der Waals surface area contributed by atoms with Gasteiger partial charge in [-0.15, -0.1) is 0 Å². The summed E-state index contributed by atoms with van der Waals surface area (Å²) in [4.78, 5) is 28.8. The van der Waals surface area contributed by atoms with Crippen LogP contribution in [0.25, 0.3) is 10.9 Å². The highest BCUT2D eigenvalue weighted by Crippen LogP contribution is 2.37. The van der Waals surface area contributed by atoms with Gasteiger partial charge in [-0.25, -0.2) is 0 Å². The zero-order valence-corrected chi connectivity index (χ0v) is 22.7. The zero-order chi connectivity index (χ0) is 25.5. The topological polar surface area (TPSA) is 42.3 Å². The van der Waals surface area contributed by atoms with E-state index in [-0.39, 0.29) is 17.1 Å². The van der Waals surface area contributed by atoms with Gasteiger partial charge in [0.1, 0.15) is 0 Å². The predicted molar refractivity (Wildman–Crippen MR) is 145 cm³/mol. The summed E-state index contributed by atoms with van der Waals surface area (Å²) in [6.07, 6.45) is 5.81. The number of para-hydroxylation sites is 1. The predicted octanol–water partition coefficient (Wildman–Crippen LogP) is 7.22. The number of allylic oxidation sites excluding steroid dienone is 4. The molecule has 2 aliphatic rings. The summed E-state index contributed by atoms with van der Waals surface area (Å²) in [5.41, 5.74) is 6.22. The second-order valence-corrected chi connectivity index (χ2v) is 11.8. The summed E-state index contributed by atoms with van der Waals surface area (Å²) in [5, 5.41) is 1.05. The van der Waals surface area contributed by atoms with Crippen molar-refractivity contribution in [2.24, 2.45) is 5.92 Å². The first-order valence-electron chi connectivity index (χ1n) is 13.3. The Morgan fingerprint density at radius 2 is 1.74 bits per heavy atom. The molecule has 1 aliphatic carbocycles. The van der Waals surface area contributed by atoms with Gasteiger partial charge in [0, 0.05) is 46.6 Å². The molecule has 0 bridgehead atoms. The molecule has 0 amide bonds. The number of benzene rings is 1. The van der Waals surface area contributed by atoms with Gasteiger partial charge in [0.25, 0.3) is 0 Å². The number of hydrogen-bond donors (Lipinski definition) is 0. The summed E-state index contributed by atoms with van der Waals surface area (Å²) in [6.45, 7) is 17.6. The van der Waals surface area contributed by atoms with Crippen LogP contribution in [0.4, 0.5) is 0 Å². The van der Waals surface area contributed by atoms with Crippen LogP contribution in [0.3, 0.4) is 0 Å². The fraction of sp³-hybridized carbons (Fsp3) is 0.548. The van der Waals surface area contributed by atoms with E-state index in [2.05, 4.69) is 68.4 Å². The van der Waals surface area contributed by atoms with Gasteiger partial charge in [0.15, 0.2) is 11.6 Å². The molecule has 1 aromatic carbocycles. The van der Waals surface area contributed by atoms with Crippen molar-refractivity contribution in [2.45, 2.75) is 92.2 Å². The highest BCUT2D eigenvalue weighted by Gasteiger charge is 2.32. The van der Waals surface area contributed by atoms with Crippen LogP contribution < -0.4 is 0 Å². The Labute approximate surface area is 211 Å². The number of ketones is 2. The van der Waals surface area contributed by atoms with Gasteiger partial charge in [-0.2, -0.15) is 0 Å². The second kappa shape index (κ2) is 9.89. The molecule has 0 N–H and O–H groups in total. The minimum absolute atomic E-state index is 0.145.